The summed E-state index contributed by atoms with van der Waals surface area (Å²) in [4.78, 5) is 33.5. The smallest absolute Gasteiger partial charge is 0.328 e. The number of H-pyrrole nitrogens is 1. The second-order valence-electron chi connectivity index (χ2n) is 9.06. The maximum absolute atomic E-state index is 14.5. The van der Waals surface area contributed by atoms with Crippen molar-refractivity contribution in [2.45, 2.75) is 31.3 Å². The normalized spacial score (nSPS) is 21.8. The molecule has 34 heavy (non-hydrogen) atoms. The number of urea groups is 1. The minimum absolute atomic E-state index is 0.0546. The van der Waals surface area contributed by atoms with Crippen LogP contribution in [0.2, 0.25) is 0 Å². The Bertz CT molecular complexity index is 1310. The van der Waals surface area contributed by atoms with Gasteiger partial charge in [-0.2, -0.15) is 0 Å². The van der Waals surface area contributed by atoms with Crippen LogP contribution in [0.15, 0.2) is 36.4 Å². The molecule has 3 amide bonds. The maximum atomic E-state index is 14.5. The first-order chi connectivity index (χ1) is 16.3. The van der Waals surface area contributed by atoms with Crippen molar-refractivity contribution in [3.05, 3.63) is 59.0 Å². The maximum Gasteiger partial charge on any atom is 0.328 e. The molecule has 3 aromatic rings. The van der Waals surface area contributed by atoms with E-state index >= 15 is 0 Å². The number of halogens is 1. The number of hydrogen-bond acceptors (Lipinski definition) is 5. The van der Waals surface area contributed by atoms with Gasteiger partial charge in [0.1, 0.15) is 17.3 Å². The zero-order valence-corrected chi connectivity index (χ0v) is 19.3. The molecule has 9 heteroatoms. The Morgan fingerprint density at radius 3 is 2.79 bits per heavy atom. The molecule has 3 N–H and O–H groups in total. The van der Waals surface area contributed by atoms with Crippen LogP contribution < -0.4 is 10.1 Å². The van der Waals surface area contributed by atoms with E-state index in [0.717, 1.165) is 10.9 Å². The molecule has 8 nitrogen and oxygen atoms in total. The molecule has 1 saturated heterocycles. The van der Waals surface area contributed by atoms with Crippen LogP contribution in [0.25, 0.3) is 10.9 Å². The number of nitrogens with zero attached hydrogens (tertiary/aromatic N) is 2. The third-order valence-corrected chi connectivity index (χ3v) is 6.93. The van der Waals surface area contributed by atoms with Crippen LogP contribution in [0, 0.1) is 5.82 Å². The molecular formula is C25H27FN4O4. The Kier molecular flexibility index (Phi) is 5.24. The number of ether oxygens (including phenoxy) is 1. The third kappa shape index (κ3) is 3.14. The van der Waals surface area contributed by atoms with Crippen LogP contribution in [0.5, 0.6) is 11.5 Å². The summed E-state index contributed by atoms with van der Waals surface area (Å²) >= 11 is 0. The third-order valence-electron chi connectivity index (χ3n) is 6.93. The molecule has 3 heterocycles. The van der Waals surface area contributed by atoms with Gasteiger partial charge in [0.05, 0.1) is 7.11 Å². The number of carbonyl (C=O) groups excluding carboxylic acids is 2. The van der Waals surface area contributed by atoms with Gasteiger partial charge in [-0.15, -0.1) is 0 Å². The Balaban J connectivity index is 1.71. The second kappa shape index (κ2) is 8.02. The van der Waals surface area contributed by atoms with E-state index in [1.165, 1.54) is 18.1 Å². The number of phenols is 1. The molecule has 0 bridgehead atoms. The van der Waals surface area contributed by atoms with Crippen LogP contribution in [0.3, 0.4) is 0 Å². The van der Waals surface area contributed by atoms with Crippen LogP contribution in [0.4, 0.5) is 9.18 Å². The highest BCUT2D eigenvalue weighted by atomic mass is 19.1. The van der Waals surface area contributed by atoms with Gasteiger partial charge in [-0.1, -0.05) is 12.1 Å². The second-order valence-corrected chi connectivity index (χ2v) is 9.06. The van der Waals surface area contributed by atoms with Crippen molar-refractivity contribution in [2.75, 3.05) is 27.2 Å². The van der Waals surface area contributed by atoms with Gasteiger partial charge in [0, 0.05) is 35.6 Å². The minimum atomic E-state index is -1.13. The summed E-state index contributed by atoms with van der Waals surface area (Å²) in [5.41, 5.74) is 1.62. The predicted molar refractivity (Wildman–Crippen MR) is 124 cm³/mol. The first-order valence-electron chi connectivity index (χ1n) is 11.3. The van der Waals surface area contributed by atoms with Crippen molar-refractivity contribution in [3.8, 4) is 11.5 Å². The number of aromatic amines is 1. The number of methoxy groups -OCH3 is 1. The molecule has 0 saturated carbocycles. The molecule has 5 rings (SSSR count). The zero-order valence-electron chi connectivity index (χ0n) is 19.3. The van der Waals surface area contributed by atoms with E-state index in [1.807, 2.05) is 13.1 Å². The van der Waals surface area contributed by atoms with Crippen LogP contribution >= 0.6 is 0 Å². The fraction of sp³-hybridized carbons (Fsp3) is 0.360. The van der Waals surface area contributed by atoms with Crippen molar-refractivity contribution in [1.29, 1.82) is 0 Å². The molecule has 0 aliphatic carbocycles. The van der Waals surface area contributed by atoms with Crippen molar-refractivity contribution >= 4 is 22.8 Å². The van der Waals surface area contributed by atoms with Crippen molar-refractivity contribution in [1.82, 2.24) is 20.1 Å². The average molecular weight is 467 g/mol. The molecule has 1 fully saturated rings. The monoisotopic (exact) mass is 466 g/mol. The number of aromatic nitrogens is 1. The topological polar surface area (TPSA) is 97.9 Å². The summed E-state index contributed by atoms with van der Waals surface area (Å²) < 4.78 is 19.7. The van der Waals surface area contributed by atoms with Crippen molar-refractivity contribution in [2.24, 2.45) is 0 Å². The Hall–Kier alpha value is -3.59. The minimum Gasteiger partial charge on any atom is -0.508 e. The molecule has 0 spiro atoms. The molecular weight excluding hydrogens is 439 g/mol. The molecule has 2 aromatic carbocycles. The number of nitrogens with one attached hydrogen (secondary N) is 2. The van der Waals surface area contributed by atoms with E-state index in [1.54, 1.807) is 36.1 Å². The number of amides is 3. The molecule has 1 aromatic heterocycles. The molecule has 2 atom stereocenters. The molecule has 2 aliphatic rings. The van der Waals surface area contributed by atoms with Gasteiger partial charge in [0.25, 0.3) is 5.91 Å². The summed E-state index contributed by atoms with van der Waals surface area (Å²) in [6.07, 6.45) is 0.916. The zero-order chi connectivity index (χ0) is 24.2. The van der Waals surface area contributed by atoms with Crippen molar-refractivity contribution < 1.29 is 23.8 Å². The molecule has 2 unspecified atom stereocenters. The summed E-state index contributed by atoms with van der Waals surface area (Å²) in [5, 5.41) is 14.0. The number of fused-ring (bicyclic) bond motifs is 4. The highest BCUT2D eigenvalue weighted by Gasteiger charge is 2.60. The van der Waals surface area contributed by atoms with Crippen LogP contribution in [-0.2, 0) is 11.2 Å². The SMILES string of the molecule is CNCCCN1C(=O)N2C(c3cccc(O)c3)c3[nH]c4cc(F)c(OC)cc4c3CC2(C)C1=O. The summed E-state index contributed by atoms with van der Waals surface area (Å²) in [7, 11) is 3.23. The Morgan fingerprint density at radius 2 is 2.09 bits per heavy atom. The summed E-state index contributed by atoms with van der Waals surface area (Å²) in [6, 6.07) is 8.63. The number of phenolic OH excluding ortho intramolecular Hbond substituents is 1. The quantitative estimate of drug-likeness (QED) is 0.383. The number of imide groups is 1. The number of carbonyl (C=O) groups is 2. The lowest BCUT2D eigenvalue weighted by Gasteiger charge is -2.42. The number of hydrogen-bond donors (Lipinski definition) is 3. The lowest BCUT2D eigenvalue weighted by Crippen LogP contribution is -2.53. The van der Waals surface area contributed by atoms with E-state index in [0.29, 0.717) is 36.3 Å². The fourth-order valence-electron chi connectivity index (χ4n) is 5.33. The van der Waals surface area contributed by atoms with Gasteiger partial charge in [0.2, 0.25) is 0 Å². The van der Waals surface area contributed by atoms with Gasteiger partial charge in [-0.3, -0.25) is 14.6 Å². The van der Waals surface area contributed by atoms with E-state index in [4.69, 9.17) is 4.74 Å². The predicted octanol–water partition coefficient (Wildman–Crippen LogP) is 3.30. The van der Waals surface area contributed by atoms with Crippen LogP contribution in [-0.4, -0.2) is 64.6 Å². The number of benzene rings is 2. The van der Waals surface area contributed by atoms with Crippen molar-refractivity contribution in [3.63, 3.8) is 0 Å². The van der Waals surface area contributed by atoms with Gasteiger partial charge in [0.15, 0.2) is 11.6 Å². The van der Waals surface area contributed by atoms with E-state index in [-0.39, 0.29) is 29.9 Å². The van der Waals surface area contributed by atoms with E-state index < -0.39 is 17.4 Å². The lowest BCUT2D eigenvalue weighted by molar-refractivity contribution is -0.133. The highest BCUT2D eigenvalue weighted by Crippen LogP contribution is 2.49. The van der Waals surface area contributed by atoms with E-state index in [9.17, 15) is 19.1 Å². The van der Waals surface area contributed by atoms with Gasteiger partial charge in [-0.05, 0) is 56.3 Å². The first-order valence-corrected chi connectivity index (χ1v) is 11.3. The van der Waals surface area contributed by atoms with Gasteiger partial charge < -0.3 is 20.1 Å². The molecule has 0 radical (unpaired) electrons. The van der Waals surface area contributed by atoms with Gasteiger partial charge in [-0.25, -0.2) is 9.18 Å². The van der Waals surface area contributed by atoms with E-state index in [2.05, 4.69) is 10.3 Å². The number of rotatable bonds is 6. The summed E-state index contributed by atoms with van der Waals surface area (Å²) in [6.45, 7) is 2.77. The Labute approximate surface area is 196 Å². The highest BCUT2D eigenvalue weighted by molar-refractivity contribution is 6.08. The average Bonchev–Trinajstić information content (AvgIpc) is 3.24. The largest absolute Gasteiger partial charge is 0.508 e. The Morgan fingerprint density at radius 1 is 1.29 bits per heavy atom. The summed E-state index contributed by atoms with van der Waals surface area (Å²) in [5.74, 6) is -0.595. The lowest BCUT2D eigenvalue weighted by atomic mass is 9.81. The molecule has 2 aliphatic heterocycles. The fourth-order valence-corrected chi connectivity index (χ4v) is 5.33. The number of aromatic hydroxyl groups is 1. The standard InChI is InChI=1S/C25H27FN4O4/c1-25-13-17-16-11-20(34-3)18(26)12-19(16)28-21(17)22(14-6-4-7-15(31)10-14)30(25)24(33)29(23(25)32)9-5-8-27-2/h4,6-7,10-12,22,27-28,31H,5,8-9,13H2,1-3H3. The van der Waals surface area contributed by atoms with Crippen LogP contribution in [0.1, 0.15) is 36.2 Å². The molecule has 178 valence electrons. The first kappa shape index (κ1) is 22.2. The van der Waals surface area contributed by atoms with Gasteiger partial charge >= 0.3 is 6.03 Å².